The van der Waals surface area contributed by atoms with Crippen molar-refractivity contribution in [2.75, 3.05) is 0 Å². The highest BCUT2D eigenvalue weighted by Gasteiger charge is 2.56. The van der Waals surface area contributed by atoms with Gasteiger partial charge >= 0.3 is 5.97 Å². The first-order chi connectivity index (χ1) is 18.7. The summed E-state index contributed by atoms with van der Waals surface area (Å²) >= 11 is 3.79. The van der Waals surface area contributed by atoms with Gasteiger partial charge in [-0.15, -0.1) is 0 Å². The Morgan fingerprint density at radius 1 is 0.902 bits per heavy atom. The van der Waals surface area contributed by atoms with E-state index >= 15 is 0 Å². The van der Waals surface area contributed by atoms with Gasteiger partial charge in [0.25, 0.3) is 0 Å². The molecule has 0 aromatic rings. The van der Waals surface area contributed by atoms with Gasteiger partial charge in [0.05, 0.1) is 52.4 Å². The van der Waals surface area contributed by atoms with Crippen molar-refractivity contribution in [1.82, 2.24) is 0 Å². The quantitative estimate of drug-likeness (QED) is 0.254. The van der Waals surface area contributed by atoms with Crippen LogP contribution in [0.1, 0.15) is 127 Å². The largest absolute Gasteiger partial charge is 0.459 e. The Morgan fingerprint density at radius 2 is 1.54 bits per heavy atom. The fourth-order valence-corrected chi connectivity index (χ4v) is 7.97. The molecule has 4 aliphatic rings. The molecule has 0 aromatic heterocycles. The molecule has 0 aliphatic carbocycles. The van der Waals surface area contributed by atoms with E-state index in [0.717, 1.165) is 32.1 Å². The van der Waals surface area contributed by atoms with Crippen LogP contribution >= 0.6 is 15.9 Å². The fraction of sp³-hybridized carbons (Fsp3) is 0.969. The molecule has 0 radical (unpaired) electrons. The molecule has 4 aliphatic heterocycles. The maximum absolute atomic E-state index is 12.0. The molecule has 0 amide bonds. The number of fused-ring (bicyclic) bond motifs is 1. The van der Waals surface area contributed by atoms with Crippen molar-refractivity contribution in [2.45, 2.75) is 195 Å². The van der Waals surface area contributed by atoms with Crippen molar-refractivity contribution in [3.8, 4) is 0 Å². The van der Waals surface area contributed by atoms with E-state index < -0.39 is 28.5 Å². The molecule has 8 nitrogen and oxygen atoms in total. The molecule has 4 saturated heterocycles. The number of hydrogen-bond donors (Lipinski definition) is 2. The Hall–Kier alpha value is -0.290. The van der Waals surface area contributed by atoms with Crippen LogP contribution in [0, 0.1) is 0 Å². The second kappa shape index (κ2) is 11.6. The first-order valence-electron chi connectivity index (χ1n) is 15.7. The molecule has 0 saturated carbocycles. The van der Waals surface area contributed by atoms with Gasteiger partial charge in [-0.1, -0.05) is 15.9 Å². The number of ether oxygens (including phenoxy) is 5. The van der Waals surface area contributed by atoms with E-state index in [1.54, 1.807) is 13.8 Å². The van der Waals surface area contributed by atoms with Gasteiger partial charge < -0.3 is 33.9 Å². The Bertz CT molecular complexity index is 948. The highest BCUT2D eigenvalue weighted by Crippen LogP contribution is 2.49. The van der Waals surface area contributed by atoms with E-state index in [1.807, 2.05) is 13.8 Å². The number of aliphatic hydroxyl groups is 2. The van der Waals surface area contributed by atoms with Crippen LogP contribution in [0.3, 0.4) is 0 Å². The van der Waals surface area contributed by atoms with Gasteiger partial charge in [-0.25, -0.2) is 0 Å². The molecule has 9 heteroatoms. The maximum atomic E-state index is 12.0. The first-order valence-corrected chi connectivity index (χ1v) is 16.6. The van der Waals surface area contributed by atoms with Crippen molar-refractivity contribution < 1.29 is 38.7 Å². The number of carbonyl (C=O) groups excluding carboxylic acids is 1. The van der Waals surface area contributed by atoms with Gasteiger partial charge in [-0.3, -0.25) is 4.79 Å². The molecule has 0 spiro atoms. The summed E-state index contributed by atoms with van der Waals surface area (Å²) in [6.07, 6.45) is 6.02. The monoisotopic (exact) mass is 646 g/mol. The number of halogens is 1. The van der Waals surface area contributed by atoms with Crippen LogP contribution in [0.5, 0.6) is 0 Å². The zero-order chi connectivity index (χ0) is 30.6. The SMILES string of the molecule is CC(=O)OC(CCC(C)(O)C1CCC2OC(C3(C)CCC(Br)C(C)(C)O3)CCC2(C)O1)C1(C)CCC(C(C)(C)O)O1. The summed E-state index contributed by atoms with van der Waals surface area (Å²) in [6, 6.07) is 0. The summed E-state index contributed by atoms with van der Waals surface area (Å²) in [4.78, 5) is 12.4. The fourth-order valence-electron chi connectivity index (χ4n) is 7.64. The Morgan fingerprint density at radius 3 is 2.12 bits per heavy atom. The number of esters is 1. The molecule has 10 unspecified atom stereocenters. The van der Waals surface area contributed by atoms with Crippen LogP contribution in [-0.4, -0.2) is 85.1 Å². The lowest BCUT2D eigenvalue weighted by molar-refractivity contribution is -0.301. The molecule has 41 heavy (non-hydrogen) atoms. The van der Waals surface area contributed by atoms with Gasteiger partial charge in [0, 0.05) is 11.8 Å². The zero-order valence-corrected chi connectivity index (χ0v) is 28.3. The lowest BCUT2D eigenvalue weighted by atomic mass is 9.75. The van der Waals surface area contributed by atoms with Crippen molar-refractivity contribution in [3.63, 3.8) is 0 Å². The van der Waals surface area contributed by atoms with Crippen molar-refractivity contribution in [1.29, 1.82) is 0 Å². The lowest BCUT2D eigenvalue weighted by Crippen LogP contribution is -2.63. The van der Waals surface area contributed by atoms with Gasteiger partial charge in [-0.05, 0) is 120 Å². The van der Waals surface area contributed by atoms with Crippen LogP contribution < -0.4 is 0 Å². The minimum atomic E-state index is -1.12. The van der Waals surface area contributed by atoms with Crippen LogP contribution in [0.25, 0.3) is 0 Å². The van der Waals surface area contributed by atoms with Gasteiger partial charge in [0.15, 0.2) is 0 Å². The summed E-state index contributed by atoms with van der Waals surface area (Å²) in [5.41, 5.74) is -3.93. The van der Waals surface area contributed by atoms with E-state index in [-0.39, 0.29) is 41.6 Å². The molecule has 4 heterocycles. The smallest absolute Gasteiger partial charge is 0.303 e. The second-order valence-electron chi connectivity index (χ2n) is 15.3. The third kappa shape index (κ3) is 7.18. The summed E-state index contributed by atoms with van der Waals surface area (Å²) in [6.45, 7) is 17.2. The summed E-state index contributed by atoms with van der Waals surface area (Å²) in [5, 5.41) is 22.2. The topological polar surface area (TPSA) is 104 Å². The van der Waals surface area contributed by atoms with Crippen molar-refractivity contribution in [2.24, 2.45) is 0 Å². The van der Waals surface area contributed by atoms with Crippen LogP contribution in [0.4, 0.5) is 0 Å². The highest BCUT2D eigenvalue weighted by molar-refractivity contribution is 9.09. The summed E-state index contributed by atoms with van der Waals surface area (Å²) in [5.74, 6) is -0.380. The maximum Gasteiger partial charge on any atom is 0.303 e. The third-order valence-electron chi connectivity index (χ3n) is 10.5. The number of alkyl halides is 1. The van der Waals surface area contributed by atoms with E-state index in [9.17, 15) is 15.0 Å². The molecule has 2 N–H and O–H groups in total. The molecule has 4 rings (SSSR count). The third-order valence-corrected chi connectivity index (χ3v) is 12.1. The molecule has 0 aromatic carbocycles. The predicted molar refractivity (Wildman–Crippen MR) is 160 cm³/mol. The molecule has 238 valence electrons. The molecular weight excluding hydrogens is 592 g/mol. The van der Waals surface area contributed by atoms with Crippen LogP contribution in [0.2, 0.25) is 0 Å². The average Bonchev–Trinajstić information content (AvgIpc) is 3.26. The first kappa shape index (κ1) is 33.6. The standard InChI is InChI=1S/C32H55BrO8/c1-20(34)37-25(31(8)18-14-22(39-31)27(2,3)35)13-16-29(6,36)23-10-11-24-30(7,40-23)19-15-26(38-24)32(9)17-12-21(33)28(4,5)41-32/h21-26,35-36H,10-19H2,1-9H3. The molecule has 0 bridgehead atoms. The van der Waals surface area contributed by atoms with Crippen molar-refractivity contribution in [3.05, 3.63) is 0 Å². The average molecular weight is 648 g/mol. The van der Waals surface area contributed by atoms with E-state index in [1.165, 1.54) is 6.92 Å². The molecule has 4 fully saturated rings. The normalized spacial score (nSPS) is 43.6. The highest BCUT2D eigenvalue weighted by atomic mass is 79.9. The van der Waals surface area contributed by atoms with E-state index in [0.29, 0.717) is 36.9 Å². The van der Waals surface area contributed by atoms with E-state index in [4.69, 9.17) is 23.7 Å². The van der Waals surface area contributed by atoms with Gasteiger partial charge in [-0.2, -0.15) is 0 Å². The zero-order valence-electron chi connectivity index (χ0n) is 26.8. The van der Waals surface area contributed by atoms with Crippen molar-refractivity contribution >= 4 is 21.9 Å². The van der Waals surface area contributed by atoms with Crippen LogP contribution in [-0.2, 0) is 28.5 Å². The summed E-state index contributed by atoms with van der Waals surface area (Å²) in [7, 11) is 0. The predicted octanol–water partition coefficient (Wildman–Crippen LogP) is 5.75. The number of rotatable bonds is 8. The Labute approximate surface area is 255 Å². The molecule has 10 atom stereocenters. The number of hydrogen-bond acceptors (Lipinski definition) is 8. The minimum absolute atomic E-state index is 0.00452. The van der Waals surface area contributed by atoms with Gasteiger partial charge in [0.1, 0.15) is 11.7 Å². The van der Waals surface area contributed by atoms with Crippen LogP contribution in [0.15, 0.2) is 0 Å². The Kier molecular flexibility index (Phi) is 9.48. The van der Waals surface area contributed by atoms with E-state index in [2.05, 4.69) is 43.6 Å². The van der Waals surface area contributed by atoms with Gasteiger partial charge in [0.2, 0.25) is 0 Å². The lowest BCUT2D eigenvalue weighted by Gasteiger charge is -2.56. The number of carbonyl (C=O) groups is 1. The Balaban J connectivity index is 1.38. The molecular formula is C32H55BrO8. The minimum Gasteiger partial charge on any atom is -0.459 e. The second-order valence-corrected chi connectivity index (χ2v) is 16.4. The summed E-state index contributed by atoms with van der Waals surface area (Å²) < 4.78 is 32.1.